The Kier molecular flexibility index (Phi) is 3.99. The number of fused-ring (bicyclic) bond motifs is 3. The number of amides is 2. The van der Waals surface area contributed by atoms with Gasteiger partial charge < -0.3 is 0 Å². The summed E-state index contributed by atoms with van der Waals surface area (Å²) in [5.41, 5.74) is 4.61. The zero-order valence-corrected chi connectivity index (χ0v) is 13.7. The summed E-state index contributed by atoms with van der Waals surface area (Å²) in [7, 11) is 0. The third kappa shape index (κ3) is 3.01. The summed E-state index contributed by atoms with van der Waals surface area (Å²) >= 11 is 0. The monoisotopic (exact) mass is 340 g/mol. The molecule has 2 aliphatic rings. The number of hydrogen-bond acceptors (Lipinski definition) is 4. The molecule has 2 saturated carbocycles. The normalized spacial score (nSPS) is 24.4. The lowest BCUT2D eigenvalue weighted by Crippen LogP contribution is -2.43. The van der Waals surface area contributed by atoms with Gasteiger partial charge in [0.1, 0.15) is 0 Å². The highest BCUT2D eigenvalue weighted by Gasteiger charge is 2.40. The van der Waals surface area contributed by atoms with Crippen molar-refractivity contribution in [3.63, 3.8) is 0 Å². The van der Waals surface area contributed by atoms with E-state index in [9.17, 15) is 14.4 Å². The lowest BCUT2D eigenvalue weighted by molar-refractivity contribution is -0.123. The van der Waals surface area contributed by atoms with E-state index in [0.29, 0.717) is 29.0 Å². The number of aromatic amines is 1. The highest BCUT2D eigenvalue weighted by atomic mass is 16.2. The van der Waals surface area contributed by atoms with Crippen LogP contribution in [0.3, 0.4) is 0 Å². The summed E-state index contributed by atoms with van der Waals surface area (Å²) in [6.45, 7) is 0. The molecule has 7 nitrogen and oxygen atoms in total. The van der Waals surface area contributed by atoms with Crippen LogP contribution in [0.15, 0.2) is 29.1 Å². The Bertz CT molecular complexity index is 891. The molecule has 0 radical (unpaired) electrons. The first-order chi connectivity index (χ1) is 12.1. The zero-order valence-electron chi connectivity index (χ0n) is 13.7. The Morgan fingerprint density at radius 3 is 2.64 bits per heavy atom. The van der Waals surface area contributed by atoms with E-state index in [2.05, 4.69) is 21.0 Å². The zero-order chi connectivity index (χ0) is 17.4. The minimum absolute atomic E-state index is 0.0791. The van der Waals surface area contributed by atoms with Crippen molar-refractivity contribution < 1.29 is 9.59 Å². The smallest absolute Gasteiger partial charge is 0.273 e. The van der Waals surface area contributed by atoms with Crippen LogP contribution in [-0.4, -0.2) is 22.0 Å². The number of nitrogens with zero attached hydrogens (tertiary/aromatic N) is 1. The van der Waals surface area contributed by atoms with E-state index in [0.717, 1.165) is 12.3 Å². The van der Waals surface area contributed by atoms with Gasteiger partial charge in [-0.05, 0) is 43.1 Å². The molecule has 0 spiro atoms. The quantitative estimate of drug-likeness (QED) is 0.737. The molecule has 2 aromatic rings. The van der Waals surface area contributed by atoms with Gasteiger partial charge in [0.25, 0.3) is 11.5 Å². The number of nitrogens with one attached hydrogen (secondary N) is 3. The molecule has 0 saturated heterocycles. The summed E-state index contributed by atoms with van der Waals surface area (Å²) < 4.78 is 0. The van der Waals surface area contributed by atoms with Crippen LogP contribution < -0.4 is 16.4 Å². The predicted octanol–water partition coefficient (Wildman–Crippen LogP) is 1.51. The number of benzene rings is 1. The van der Waals surface area contributed by atoms with Gasteiger partial charge in [-0.15, -0.1) is 0 Å². The highest BCUT2D eigenvalue weighted by molar-refractivity contribution is 6.05. The fourth-order valence-electron chi connectivity index (χ4n) is 4.39. The second-order valence-electron chi connectivity index (χ2n) is 7.09. The minimum atomic E-state index is -0.547. The van der Waals surface area contributed by atoms with Gasteiger partial charge in [0, 0.05) is 11.8 Å². The number of hydrogen-bond donors (Lipinski definition) is 3. The Hall–Kier alpha value is -2.70. The molecule has 0 unspecified atom stereocenters. The summed E-state index contributed by atoms with van der Waals surface area (Å²) in [5, 5.41) is 6.96. The molecule has 1 aromatic heterocycles. The van der Waals surface area contributed by atoms with Crippen molar-refractivity contribution in [1.29, 1.82) is 0 Å². The van der Waals surface area contributed by atoms with Crippen molar-refractivity contribution >= 4 is 22.6 Å². The van der Waals surface area contributed by atoms with Gasteiger partial charge in [-0.2, -0.15) is 5.10 Å². The molecule has 130 valence electrons. The van der Waals surface area contributed by atoms with Crippen LogP contribution in [0.25, 0.3) is 10.8 Å². The molecule has 2 aliphatic carbocycles. The van der Waals surface area contributed by atoms with Gasteiger partial charge in [-0.25, -0.2) is 5.10 Å². The third-order valence-corrected chi connectivity index (χ3v) is 5.56. The average molecular weight is 340 g/mol. The van der Waals surface area contributed by atoms with Crippen molar-refractivity contribution in [2.75, 3.05) is 0 Å². The van der Waals surface area contributed by atoms with E-state index in [1.807, 2.05) is 0 Å². The number of aromatic nitrogens is 2. The Morgan fingerprint density at radius 1 is 1.12 bits per heavy atom. The van der Waals surface area contributed by atoms with E-state index in [1.165, 1.54) is 19.3 Å². The SMILES string of the molecule is O=C(C[C@@H]1C[C@H]2CC[C@@H]1C2)NNC(=O)c1n[nH]c(=O)c2ccccc12. The predicted molar refractivity (Wildman–Crippen MR) is 91.5 cm³/mol. The molecule has 3 atom stereocenters. The van der Waals surface area contributed by atoms with Gasteiger partial charge in [-0.3, -0.25) is 25.2 Å². The van der Waals surface area contributed by atoms with Crippen molar-refractivity contribution in [2.45, 2.75) is 32.1 Å². The van der Waals surface area contributed by atoms with E-state index < -0.39 is 5.91 Å². The summed E-state index contributed by atoms with van der Waals surface area (Å²) in [4.78, 5) is 36.2. The summed E-state index contributed by atoms with van der Waals surface area (Å²) in [6.07, 6.45) is 5.34. The molecule has 1 heterocycles. The molecular formula is C18H20N4O3. The number of carbonyl (C=O) groups excluding carboxylic acids is 2. The highest BCUT2D eigenvalue weighted by Crippen LogP contribution is 2.49. The Labute approximate surface area is 144 Å². The van der Waals surface area contributed by atoms with Crippen LogP contribution in [0.4, 0.5) is 0 Å². The molecule has 25 heavy (non-hydrogen) atoms. The number of hydrazine groups is 1. The first kappa shape index (κ1) is 15.8. The second kappa shape index (κ2) is 6.31. The number of rotatable bonds is 3. The van der Waals surface area contributed by atoms with Gasteiger partial charge in [0.2, 0.25) is 5.91 Å². The molecule has 3 N–H and O–H groups in total. The summed E-state index contributed by atoms with van der Waals surface area (Å²) in [5.74, 6) is 1.15. The molecule has 4 rings (SSSR count). The first-order valence-corrected chi connectivity index (χ1v) is 8.68. The molecule has 2 amide bonds. The summed E-state index contributed by atoms with van der Waals surface area (Å²) in [6, 6.07) is 6.73. The first-order valence-electron chi connectivity index (χ1n) is 8.68. The average Bonchev–Trinajstić information content (AvgIpc) is 3.23. The molecule has 2 fully saturated rings. The standard InChI is InChI=1S/C18H20N4O3/c23-15(9-12-8-10-5-6-11(12)7-10)19-22-18(25)16-13-3-1-2-4-14(13)17(24)21-20-16/h1-4,10-12H,5-9H2,(H,19,23)(H,21,24)(H,22,25)/t10-,11+,12-/m0/s1. The lowest BCUT2D eigenvalue weighted by atomic mass is 9.86. The maximum atomic E-state index is 12.3. The molecule has 7 heteroatoms. The van der Waals surface area contributed by atoms with Crippen molar-refractivity contribution in [3.8, 4) is 0 Å². The van der Waals surface area contributed by atoms with E-state index in [-0.39, 0.29) is 17.2 Å². The van der Waals surface area contributed by atoms with Gasteiger partial charge in [0.15, 0.2) is 5.69 Å². The van der Waals surface area contributed by atoms with E-state index in [4.69, 9.17) is 0 Å². The van der Waals surface area contributed by atoms with Crippen LogP contribution in [0.5, 0.6) is 0 Å². The maximum Gasteiger partial charge on any atom is 0.290 e. The van der Waals surface area contributed by atoms with Crippen molar-refractivity contribution in [2.24, 2.45) is 17.8 Å². The van der Waals surface area contributed by atoms with Crippen LogP contribution in [0.1, 0.15) is 42.6 Å². The Morgan fingerprint density at radius 2 is 1.92 bits per heavy atom. The van der Waals surface area contributed by atoms with Gasteiger partial charge >= 0.3 is 0 Å². The van der Waals surface area contributed by atoms with Gasteiger partial charge in [-0.1, -0.05) is 24.6 Å². The lowest BCUT2D eigenvalue weighted by Gasteiger charge is -2.20. The molecule has 2 bridgehead atoms. The number of H-pyrrole nitrogens is 1. The van der Waals surface area contributed by atoms with E-state index in [1.54, 1.807) is 24.3 Å². The molecule has 1 aromatic carbocycles. The van der Waals surface area contributed by atoms with Crippen LogP contribution >= 0.6 is 0 Å². The number of carbonyl (C=O) groups is 2. The fraction of sp³-hybridized carbons (Fsp3) is 0.444. The Balaban J connectivity index is 1.40. The third-order valence-electron chi connectivity index (χ3n) is 5.56. The second-order valence-corrected chi connectivity index (χ2v) is 7.09. The largest absolute Gasteiger partial charge is 0.290 e. The topological polar surface area (TPSA) is 104 Å². The van der Waals surface area contributed by atoms with Gasteiger partial charge in [0.05, 0.1) is 5.39 Å². The van der Waals surface area contributed by atoms with Crippen LogP contribution in [0, 0.1) is 17.8 Å². The minimum Gasteiger partial charge on any atom is -0.273 e. The van der Waals surface area contributed by atoms with Crippen LogP contribution in [0.2, 0.25) is 0 Å². The molecular weight excluding hydrogens is 320 g/mol. The molecule has 0 aliphatic heterocycles. The van der Waals surface area contributed by atoms with Crippen molar-refractivity contribution in [1.82, 2.24) is 21.0 Å². The van der Waals surface area contributed by atoms with Crippen molar-refractivity contribution in [3.05, 3.63) is 40.3 Å². The maximum absolute atomic E-state index is 12.3. The van der Waals surface area contributed by atoms with Crippen LogP contribution in [-0.2, 0) is 4.79 Å². The fourth-order valence-corrected chi connectivity index (χ4v) is 4.39. The van der Waals surface area contributed by atoms with E-state index >= 15 is 0 Å².